The molecule has 7 nitrogen and oxygen atoms in total. The first kappa shape index (κ1) is 16.3. The van der Waals surface area contributed by atoms with Gasteiger partial charge in [0.1, 0.15) is 17.0 Å². The normalized spacial score (nSPS) is 25.7. The van der Waals surface area contributed by atoms with Gasteiger partial charge in [0.05, 0.1) is 24.0 Å². The Morgan fingerprint density at radius 3 is 2.96 bits per heavy atom. The van der Waals surface area contributed by atoms with Gasteiger partial charge in [0.2, 0.25) is 10.0 Å². The molecule has 0 radical (unpaired) electrons. The second kappa shape index (κ2) is 5.79. The topological polar surface area (TPSA) is 92.7 Å². The maximum Gasteiger partial charge on any atom is 0.211 e. The number of aromatic amines is 1. The molecule has 0 aliphatic heterocycles. The monoisotopic (exact) mass is 373 g/mol. The summed E-state index contributed by atoms with van der Waals surface area (Å²) in [5, 5.41) is 1.06. The molecule has 3 aromatic heterocycles. The molecule has 138 valence electrons. The van der Waals surface area contributed by atoms with Crippen LogP contribution in [0.2, 0.25) is 0 Å². The quantitative estimate of drug-likeness (QED) is 0.719. The molecule has 2 N–H and O–H groups in total. The van der Waals surface area contributed by atoms with Gasteiger partial charge in [-0.3, -0.25) is 0 Å². The van der Waals surface area contributed by atoms with Crippen molar-refractivity contribution in [3.8, 4) is 0 Å². The third-order valence-electron chi connectivity index (χ3n) is 6.17. The zero-order valence-corrected chi connectivity index (χ0v) is 15.6. The van der Waals surface area contributed by atoms with Gasteiger partial charge in [-0.25, -0.2) is 23.1 Å². The maximum absolute atomic E-state index is 12.0. The number of hydrogen-bond acceptors (Lipinski definition) is 4. The Bertz CT molecular complexity index is 1080. The Kier molecular flexibility index (Phi) is 3.62. The van der Waals surface area contributed by atoms with Crippen LogP contribution in [0.5, 0.6) is 0 Å². The fourth-order valence-electron chi connectivity index (χ4n) is 4.93. The van der Waals surface area contributed by atoms with Crippen molar-refractivity contribution in [1.29, 1.82) is 0 Å². The summed E-state index contributed by atoms with van der Waals surface area (Å²) in [4.78, 5) is 12.4. The number of rotatable bonds is 5. The molecule has 3 atom stereocenters. The van der Waals surface area contributed by atoms with Crippen molar-refractivity contribution in [3.05, 3.63) is 24.3 Å². The summed E-state index contributed by atoms with van der Waals surface area (Å²) in [5.41, 5.74) is 2.77. The molecule has 2 aliphatic carbocycles. The number of H-pyrrole nitrogens is 1. The number of pyridine rings is 1. The van der Waals surface area contributed by atoms with E-state index in [1.165, 1.54) is 19.3 Å². The zero-order chi connectivity index (χ0) is 17.9. The van der Waals surface area contributed by atoms with E-state index in [0.29, 0.717) is 12.0 Å². The highest BCUT2D eigenvalue weighted by Gasteiger charge is 2.42. The smallest absolute Gasteiger partial charge is 0.211 e. The number of fused-ring (bicyclic) bond motifs is 5. The van der Waals surface area contributed by atoms with Crippen LogP contribution in [0.1, 0.15) is 44.5 Å². The minimum absolute atomic E-state index is 0.0744. The van der Waals surface area contributed by atoms with Gasteiger partial charge < -0.3 is 9.55 Å². The Morgan fingerprint density at radius 2 is 2.23 bits per heavy atom. The predicted molar refractivity (Wildman–Crippen MR) is 100 cm³/mol. The van der Waals surface area contributed by atoms with Crippen LogP contribution in [-0.2, 0) is 16.6 Å². The summed E-state index contributed by atoms with van der Waals surface area (Å²) >= 11 is 0. The van der Waals surface area contributed by atoms with E-state index in [2.05, 4.69) is 19.3 Å². The fourth-order valence-corrected chi connectivity index (χ4v) is 5.48. The maximum atomic E-state index is 12.0. The van der Waals surface area contributed by atoms with Crippen LogP contribution < -0.4 is 4.72 Å². The van der Waals surface area contributed by atoms with E-state index in [-0.39, 0.29) is 12.3 Å². The van der Waals surface area contributed by atoms with Gasteiger partial charge >= 0.3 is 0 Å². The van der Waals surface area contributed by atoms with Gasteiger partial charge in [-0.2, -0.15) is 0 Å². The predicted octanol–water partition coefficient (Wildman–Crippen LogP) is 2.71. The number of nitrogens with one attached hydrogen (secondary N) is 2. The summed E-state index contributed by atoms with van der Waals surface area (Å²) in [5.74, 6) is 2.34. The number of sulfonamides is 1. The van der Waals surface area contributed by atoms with Crippen LogP contribution in [-0.4, -0.2) is 33.7 Å². The first-order chi connectivity index (χ1) is 12.6. The lowest BCUT2D eigenvalue weighted by Crippen LogP contribution is -2.28. The molecule has 2 aliphatic rings. The molecule has 0 aromatic carbocycles. The molecule has 3 heterocycles. The van der Waals surface area contributed by atoms with Crippen LogP contribution in [0, 0.1) is 11.8 Å². The van der Waals surface area contributed by atoms with E-state index in [9.17, 15) is 8.42 Å². The molecule has 2 bridgehead atoms. The summed E-state index contributed by atoms with van der Waals surface area (Å²) in [6, 6.07) is 2.44. The number of hydrogen-bond donors (Lipinski definition) is 2. The Labute approximate surface area is 152 Å². The molecule has 3 aromatic rings. The van der Waals surface area contributed by atoms with E-state index < -0.39 is 10.0 Å². The fraction of sp³-hybridized carbons (Fsp3) is 0.556. The first-order valence-corrected chi connectivity index (χ1v) is 11.0. The average Bonchev–Trinajstić information content (AvgIpc) is 3.40. The van der Waals surface area contributed by atoms with Crippen molar-refractivity contribution in [2.24, 2.45) is 11.8 Å². The van der Waals surface area contributed by atoms with Crippen molar-refractivity contribution in [2.75, 3.05) is 5.75 Å². The first-order valence-electron chi connectivity index (χ1n) is 9.36. The van der Waals surface area contributed by atoms with E-state index in [1.807, 2.05) is 12.3 Å². The molecule has 0 spiro atoms. The van der Waals surface area contributed by atoms with Crippen LogP contribution in [0.3, 0.4) is 0 Å². The van der Waals surface area contributed by atoms with Crippen molar-refractivity contribution < 1.29 is 8.42 Å². The number of imidazole rings is 1. The van der Waals surface area contributed by atoms with Gasteiger partial charge in [0.15, 0.2) is 0 Å². The third kappa shape index (κ3) is 2.46. The number of nitrogens with zero attached hydrogens (tertiary/aromatic N) is 3. The van der Waals surface area contributed by atoms with Gasteiger partial charge in [-0.15, -0.1) is 0 Å². The molecule has 0 amide bonds. The summed E-state index contributed by atoms with van der Waals surface area (Å²) < 4.78 is 28.9. The van der Waals surface area contributed by atoms with Crippen LogP contribution in [0.25, 0.3) is 22.1 Å². The Hall–Kier alpha value is -1.93. The summed E-state index contributed by atoms with van der Waals surface area (Å²) in [6.45, 7) is 1.87. The van der Waals surface area contributed by atoms with Gasteiger partial charge in [0.25, 0.3) is 0 Å². The summed E-state index contributed by atoms with van der Waals surface area (Å²) in [7, 11) is -3.26. The SMILES string of the molecule is CCS(=O)(=O)NCc1nc2cnc3[nH]ccc3c2n1C1CC2CCC1C2. The second-order valence-electron chi connectivity index (χ2n) is 7.60. The highest BCUT2D eigenvalue weighted by atomic mass is 32.2. The highest BCUT2D eigenvalue weighted by Crippen LogP contribution is 2.52. The van der Waals surface area contributed by atoms with Crippen molar-refractivity contribution in [2.45, 2.75) is 45.2 Å². The molecule has 5 rings (SSSR count). The molecule has 3 unspecified atom stereocenters. The minimum Gasteiger partial charge on any atom is -0.346 e. The van der Waals surface area contributed by atoms with E-state index in [1.54, 1.807) is 13.1 Å². The Morgan fingerprint density at radius 1 is 1.35 bits per heavy atom. The standard InChI is InChI=1S/C18H23N5O2S/c1-2-26(24,25)21-10-16-22-14-9-20-18-13(5-6-19-18)17(14)23(16)15-8-11-3-4-12(15)7-11/h5-6,9,11-12,15,21H,2-4,7-8,10H2,1H3,(H,19,20). The molecule has 26 heavy (non-hydrogen) atoms. The van der Waals surface area contributed by atoms with Crippen molar-refractivity contribution >= 4 is 32.1 Å². The van der Waals surface area contributed by atoms with Gasteiger partial charge in [-0.05, 0) is 44.1 Å². The van der Waals surface area contributed by atoms with Gasteiger partial charge in [0, 0.05) is 17.6 Å². The van der Waals surface area contributed by atoms with E-state index in [0.717, 1.165) is 40.2 Å². The second-order valence-corrected chi connectivity index (χ2v) is 9.69. The van der Waals surface area contributed by atoms with Crippen LogP contribution in [0.15, 0.2) is 18.5 Å². The minimum atomic E-state index is -3.26. The van der Waals surface area contributed by atoms with Crippen LogP contribution >= 0.6 is 0 Å². The highest BCUT2D eigenvalue weighted by molar-refractivity contribution is 7.89. The molecule has 8 heteroatoms. The van der Waals surface area contributed by atoms with Crippen LogP contribution in [0.4, 0.5) is 0 Å². The lowest BCUT2D eigenvalue weighted by molar-refractivity contribution is 0.329. The molecule has 2 fully saturated rings. The largest absolute Gasteiger partial charge is 0.346 e. The van der Waals surface area contributed by atoms with Crippen molar-refractivity contribution in [1.82, 2.24) is 24.2 Å². The summed E-state index contributed by atoms with van der Waals surface area (Å²) in [6.07, 6.45) is 8.72. The lowest BCUT2D eigenvalue weighted by atomic mass is 9.95. The zero-order valence-electron chi connectivity index (χ0n) is 14.8. The molecular formula is C18H23N5O2S. The molecular weight excluding hydrogens is 350 g/mol. The molecule has 0 saturated heterocycles. The average molecular weight is 373 g/mol. The van der Waals surface area contributed by atoms with E-state index >= 15 is 0 Å². The molecule has 2 saturated carbocycles. The number of aromatic nitrogens is 4. The van der Waals surface area contributed by atoms with Crippen molar-refractivity contribution in [3.63, 3.8) is 0 Å². The van der Waals surface area contributed by atoms with Gasteiger partial charge in [-0.1, -0.05) is 6.42 Å². The third-order valence-corrected chi connectivity index (χ3v) is 7.51. The lowest BCUT2D eigenvalue weighted by Gasteiger charge is -2.26. The van der Waals surface area contributed by atoms with E-state index in [4.69, 9.17) is 4.98 Å². The Balaban J connectivity index is 1.67.